The Hall–Kier alpha value is -1.81. The quantitative estimate of drug-likeness (QED) is 0.915. The molecule has 0 aliphatic carbocycles. The first kappa shape index (κ1) is 14.6. The van der Waals surface area contributed by atoms with E-state index in [2.05, 4.69) is 39.9 Å². The maximum atomic E-state index is 11.0. The number of aromatic carboxylic acids is 1. The first-order valence-electron chi connectivity index (χ1n) is 6.27. The minimum atomic E-state index is -0.926. The molecule has 0 spiro atoms. The van der Waals surface area contributed by atoms with Crippen molar-refractivity contribution in [2.75, 3.05) is 11.9 Å². The molecule has 4 heteroatoms. The van der Waals surface area contributed by atoms with E-state index in [0.717, 1.165) is 12.2 Å². The summed E-state index contributed by atoms with van der Waals surface area (Å²) in [6.07, 6.45) is 0. The van der Waals surface area contributed by atoms with Gasteiger partial charge in [-0.15, -0.1) is 0 Å². The van der Waals surface area contributed by atoms with Crippen LogP contribution in [0.3, 0.4) is 0 Å². The Bertz CT molecular complexity index is 640. The second-order valence-electron chi connectivity index (χ2n) is 4.75. The number of halogens is 1. The normalized spacial score (nSPS) is 10.3. The molecule has 0 atom stereocenters. The highest BCUT2D eigenvalue weighted by atomic mass is 79.9. The molecule has 0 unspecified atom stereocenters. The molecule has 20 heavy (non-hydrogen) atoms. The molecule has 0 radical (unpaired) electrons. The van der Waals surface area contributed by atoms with E-state index in [-0.39, 0.29) is 5.56 Å². The number of carboxylic acid groups (broad SMARTS) is 1. The fourth-order valence-corrected chi connectivity index (χ4v) is 2.59. The van der Waals surface area contributed by atoms with Gasteiger partial charge in [0.05, 0.1) is 5.56 Å². The molecule has 2 aromatic rings. The summed E-state index contributed by atoms with van der Waals surface area (Å²) in [5, 5.41) is 9.02. The van der Waals surface area contributed by atoms with Gasteiger partial charge >= 0.3 is 5.97 Å². The summed E-state index contributed by atoms with van der Waals surface area (Å²) in [7, 11) is 1.99. The monoisotopic (exact) mass is 333 g/mol. The van der Waals surface area contributed by atoms with Crippen molar-refractivity contribution in [1.82, 2.24) is 0 Å². The molecule has 0 bridgehead atoms. The molecule has 0 aliphatic heterocycles. The van der Waals surface area contributed by atoms with Crippen molar-refractivity contribution in [1.29, 1.82) is 0 Å². The topological polar surface area (TPSA) is 40.5 Å². The molecule has 104 valence electrons. The van der Waals surface area contributed by atoms with Gasteiger partial charge in [-0.1, -0.05) is 24.3 Å². The highest BCUT2D eigenvalue weighted by Gasteiger charge is 2.11. The summed E-state index contributed by atoms with van der Waals surface area (Å²) < 4.78 is 0.596. The van der Waals surface area contributed by atoms with E-state index in [1.54, 1.807) is 6.07 Å². The van der Waals surface area contributed by atoms with Crippen molar-refractivity contribution in [2.24, 2.45) is 0 Å². The highest BCUT2D eigenvalue weighted by molar-refractivity contribution is 9.10. The van der Waals surface area contributed by atoms with Gasteiger partial charge < -0.3 is 10.0 Å². The minimum Gasteiger partial charge on any atom is -0.478 e. The SMILES string of the molecule is Cc1ccccc1CN(C)c1ccc(C(=O)O)c(Br)c1. The van der Waals surface area contributed by atoms with Crippen molar-refractivity contribution >= 4 is 27.6 Å². The Kier molecular flexibility index (Phi) is 4.45. The second-order valence-corrected chi connectivity index (χ2v) is 5.61. The maximum absolute atomic E-state index is 11.0. The Balaban J connectivity index is 2.22. The van der Waals surface area contributed by atoms with Crippen LogP contribution < -0.4 is 4.90 Å². The van der Waals surface area contributed by atoms with E-state index in [9.17, 15) is 4.79 Å². The average molecular weight is 334 g/mol. The van der Waals surface area contributed by atoms with E-state index >= 15 is 0 Å². The summed E-state index contributed by atoms with van der Waals surface area (Å²) in [4.78, 5) is 13.1. The Morgan fingerprint density at radius 1 is 1.25 bits per heavy atom. The van der Waals surface area contributed by atoms with Crippen LogP contribution in [0.1, 0.15) is 21.5 Å². The molecule has 0 aliphatic rings. The van der Waals surface area contributed by atoms with Crippen LogP contribution in [-0.2, 0) is 6.54 Å². The third kappa shape index (κ3) is 3.20. The predicted molar refractivity (Wildman–Crippen MR) is 84.4 cm³/mol. The third-order valence-electron chi connectivity index (χ3n) is 3.29. The van der Waals surface area contributed by atoms with Crippen LogP contribution in [0.2, 0.25) is 0 Å². The fourth-order valence-electron chi connectivity index (χ4n) is 2.05. The number of benzene rings is 2. The highest BCUT2D eigenvalue weighted by Crippen LogP contribution is 2.25. The third-order valence-corrected chi connectivity index (χ3v) is 3.95. The lowest BCUT2D eigenvalue weighted by Gasteiger charge is -2.21. The molecule has 2 rings (SSSR count). The van der Waals surface area contributed by atoms with Crippen LogP contribution >= 0.6 is 15.9 Å². The van der Waals surface area contributed by atoms with Crippen molar-refractivity contribution < 1.29 is 9.90 Å². The van der Waals surface area contributed by atoms with Crippen molar-refractivity contribution in [2.45, 2.75) is 13.5 Å². The summed E-state index contributed by atoms with van der Waals surface area (Å²) in [6, 6.07) is 13.5. The fraction of sp³-hybridized carbons (Fsp3) is 0.188. The number of anilines is 1. The van der Waals surface area contributed by atoms with Gasteiger partial charge in [-0.2, -0.15) is 0 Å². The zero-order valence-electron chi connectivity index (χ0n) is 11.4. The standard InChI is InChI=1S/C16H16BrNO2/c1-11-5-3-4-6-12(11)10-18(2)13-7-8-14(16(19)20)15(17)9-13/h3-9H,10H2,1-2H3,(H,19,20). The summed E-state index contributed by atoms with van der Waals surface area (Å²) in [5.74, 6) is -0.926. The molecule has 2 aromatic carbocycles. The number of rotatable bonds is 4. The van der Waals surface area contributed by atoms with Crippen LogP contribution in [0, 0.1) is 6.92 Å². The van der Waals surface area contributed by atoms with Crippen LogP contribution in [-0.4, -0.2) is 18.1 Å². The Morgan fingerprint density at radius 3 is 2.55 bits per heavy atom. The van der Waals surface area contributed by atoms with Gasteiger partial charge in [0.2, 0.25) is 0 Å². The van der Waals surface area contributed by atoms with E-state index in [0.29, 0.717) is 4.47 Å². The molecule has 0 saturated carbocycles. The lowest BCUT2D eigenvalue weighted by molar-refractivity contribution is 0.0696. The maximum Gasteiger partial charge on any atom is 0.336 e. The zero-order chi connectivity index (χ0) is 14.7. The van der Waals surface area contributed by atoms with Crippen molar-refractivity contribution in [3.05, 3.63) is 63.6 Å². The van der Waals surface area contributed by atoms with Crippen LogP contribution in [0.4, 0.5) is 5.69 Å². The van der Waals surface area contributed by atoms with Gasteiger partial charge in [0.15, 0.2) is 0 Å². The van der Waals surface area contributed by atoms with Gasteiger partial charge in [0, 0.05) is 23.8 Å². The molecule has 0 aromatic heterocycles. The number of carbonyl (C=O) groups is 1. The molecule has 0 saturated heterocycles. The Morgan fingerprint density at radius 2 is 1.95 bits per heavy atom. The van der Waals surface area contributed by atoms with E-state index < -0.39 is 5.97 Å². The lowest BCUT2D eigenvalue weighted by Crippen LogP contribution is -2.17. The first-order chi connectivity index (χ1) is 9.49. The number of nitrogens with zero attached hydrogens (tertiary/aromatic N) is 1. The van der Waals surface area contributed by atoms with Crippen molar-refractivity contribution in [3.63, 3.8) is 0 Å². The molecular formula is C16H16BrNO2. The molecule has 3 nitrogen and oxygen atoms in total. The smallest absolute Gasteiger partial charge is 0.336 e. The van der Waals surface area contributed by atoms with Crippen molar-refractivity contribution in [3.8, 4) is 0 Å². The number of aryl methyl sites for hydroxylation is 1. The molecule has 1 N–H and O–H groups in total. The van der Waals surface area contributed by atoms with E-state index in [4.69, 9.17) is 5.11 Å². The molecule has 0 heterocycles. The van der Waals surface area contributed by atoms with E-state index in [1.807, 2.05) is 31.3 Å². The summed E-state index contributed by atoms with van der Waals surface area (Å²) >= 11 is 3.31. The van der Waals surface area contributed by atoms with Crippen LogP contribution in [0.15, 0.2) is 46.9 Å². The minimum absolute atomic E-state index is 0.276. The summed E-state index contributed by atoms with van der Waals surface area (Å²) in [5.41, 5.74) is 3.76. The molecular weight excluding hydrogens is 318 g/mol. The lowest BCUT2D eigenvalue weighted by atomic mass is 10.1. The van der Waals surface area contributed by atoms with Gasteiger partial charge in [-0.3, -0.25) is 0 Å². The van der Waals surface area contributed by atoms with Crippen LogP contribution in [0.5, 0.6) is 0 Å². The predicted octanol–water partition coefficient (Wildman–Crippen LogP) is 4.09. The van der Waals surface area contributed by atoms with Gasteiger partial charge in [0.1, 0.15) is 0 Å². The number of hydrogen-bond acceptors (Lipinski definition) is 2. The number of hydrogen-bond donors (Lipinski definition) is 1. The largest absolute Gasteiger partial charge is 0.478 e. The van der Waals surface area contributed by atoms with Gasteiger partial charge in [-0.05, 0) is 52.2 Å². The average Bonchev–Trinajstić information content (AvgIpc) is 2.40. The zero-order valence-corrected chi connectivity index (χ0v) is 13.0. The van der Waals surface area contributed by atoms with Gasteiger partial charge in [0.25, 0.3) is 0 Å². The van der Waals surface area contributed by atoms with E-state index in [1.165, 1.54) is 11.1 Å². The molecule has 0 amide bonds. The van der Waals surface area contributed by atoms with Crippen LogP contribution in [0.25, 0.3) is 0 Å². The summed E-state index contributed by atoms with van der Waals surface area (Å²) in [6.45, 7) is 2.87. The second kappa shape index (κ2) is 6.09. The van der Waals surface area contributed by atoms with Gasteiger partial charge in [-0.25, -0.2) is 4.79 Å². The number of carboxylic acids is 1. The Labute approximate surface area is 127 Å². The molecule has 0 fully saturated rings. The first-order valence-corrected chi connectivity index (χ1v) is 7.07.